The number of carbonyl (C=O) groups excluding carboxylic acids is 1. The molecule has 2 N–H and O–H groups in total. The molecule has 0 radical (unpaired) electrons. The van der Waals surface area contributed by atoms with E-state index in [-0.39, 0.29) is 40.9 Å². The third-order valence-electron chi connectivity index (χ3n) is 1.18. The molecule has 1 amide bonds. The average Bonchev–Trinajstić information content (AvgIpc) is 2.06. The largest absolute Gasteiger partial charge is 1.00 e. The van der Waals surface area contributed by atoms with Crippen LogP contribution < -0.4 is 35.3 Å². The van der Waals surface area contributed by atoms with Crippen LogP contribution in [0.3, 0.4) is 0 Å². The van der Waals surface area contributed by atoms with E-state index in [1.54, 1.807) is 0 Å². The van der Waals surface area contributed by atoms with E-state index >= 15 is 0 Å². The van der Waals surface area contributed by atoms with Gasteiger partial charge in [0.25, 0.3) is 0 Å². The number of pyridine rings is 1. The van der Waals surface area contributed by atoms with Crippen LogP contribution in [0.15, 0.2) is 28.7 Å². The number of carbonyl (C=O) groups is 1. The zero-order valence-corrected chi connectivity index (χ0v) is 8.97. The third-order valence-corrected chi connectivity index (χ3v) is 1.18. The minimum atomic E-state index is -0.576. The van der Waals surface area contributed by atoms with E-state index in [9.17, 15) is 10.0 Å². The minimum absolute atomic E-state index is 0. The maximum Gasteiger partial charge on any atom is 1.00 e. The van der Waals surface area contributed by atoms with E-state index in [4.69, 9.17) is 5.73 Å². The second-order valence-electron chi connectivity index (χ2n) is 1.95. The fourth-order valence-corrected chi connectivity index (χ4v) is 0.633. The number of primary amides is 1. The van der Waals surface area contributed by atoms with E-state index in [2.05, 4.69) is 15.4 Å². The van der Waals surface area contributed by atoms with Crippen molar-refractivity contribution in [3.8, 4) is 0 Å². The zero-order valence-electron chi connectivity index (χ0n) is 6.97. The van der Waals surface area contributed by atoms with Crippen molar-refractivity contribution in [1.82, 2.24) is 4.98 Å². The van der Waals surface area contributed by atoms with Crippen LogP contribution in [0, 0.1) is 5.21 Å². The standard InChI is InChI=1S/C6H6N4O2.Na/c7-6(11)4-1-2-5(8-3-4)9-10-12;/h1-3H,(H2,7,11)(H,8,9,12);/q;+1/p-1. The molecule has 0 aromatic carbocycles. The van der Waals surface area contributed by atoms with Crippen LogP contribution >= 0.6 is 0 Å². The Hall–Kier alpha value is -0.980. The molecule has 1 rings (SSSR count). The van der Waals surface area contributed by atoms with Gasteiger partial charge in [0.15, 0.2) is 5.82 Å². The molecule has 0 spiro atoms. The van der Waals surface area contributed by atoms with Crippen molar-refractivity contribution in [3.63, 3.8) is 0 Å². The van der Waals surface area contributed by atoms with Crippen LogP contribution in [-0.4, -0.2) is 10.9 Å². The first kappa shape index (κ1) is 12.0. The molecule has 0 atom stereocenters. The van der Waals surface area contributed by atoms with Crippen LogP contribution in [0.1, 0.15) is 10.4 Å². The summed E-state index contributed by atoms with van der Waals surface area (Å²) in [6.45, 7) is 0. The Morgan fingerprint density at radius 3 is 2.62 bits per heavy atom. The number of rotatable bonds is 2. The van der Waals surface area contributed by atoms with E-state index in [1.165, 1.54) is 18.3 Å². The molecular formula is C6H5N4NaO2. The van der Waals surface area contributed by atoms with Crippen molar-refractivity contribution in [2.45, 2.75) is 0 Å². The van der Waals surface area contributed by atoms with Crippen molar-refractivity contribution in [1.29, 1.82) is 0 Å². The van der Waals surface area contributed by atoms with Gasteiger partial charge >= 0.3 is 29.6 Å². The molecule has 1 aromatic rings. The summed E-state index contributed by atoms with van der Waals surface area (Å²) in [4.78, 5) is 14.2. The molecule has 0 fully saturated rings. The summed E-state index contributed by atoms with van der Waals surface area (Å²) in [5.74, 6) is -0.428. The molecular weight excluding hydrogens is 183 g/mol. The number of hydrogen-bond acceptors (Lipinski definition) is 5. The second-order valence-corrected chi connectivity index (χ2v) is 1.95. The number of amides is 1. The van der Waals surface area contributed by atoms with Crippen LogP contribution in [0.4, 0.5) is 5.82 Å². The van der Waals surface area contributed by atoms with Crippen LogP contribution in [0.2, 0.25) is 0 Å². The van der Waals surface area contributed by atoms with Crippen molar-refractivity contribution >= 4 is 11.7 Å². The molecule has 0 saturated heterocycles. The smallest absolute Gasteiger partial charge is 0.775 e. The van der Waals surface area contributed by atoms with Crippen LogP contribution in [-0.2, 0) is 0 Å². The predicted octanol–water partition coefficient (Wildman–Crippen LogP) is -2.23. The topological polar surface area (TPSA) is 104 Å². The normalized spacial score (nSPS) is 9.54. The SMILES string of the molecule is NC(=O)c1ccc(N=N[O-])nc1.[Na+]. The molecule has 1 heterocycles. The van der Waals surface area contributed by atoms with Crippen LogP contribution in [0.5, 0.6) is 0 Å². The van der Waals surface area contributed by atoms with Crippen molar-refractivity contribution in [2.24, 2.45) is 16.1 Å². The van der Waals surface area contributed by atoms with Gasteiger partial charge in [-0.05, 0) is 12.1 Å². The fourth-order valence-electron chi connectivity index (χ4n) is 0.633. The van der Waals surface area contributed by atoms with Gasteiger partial charge in [0.2, 0.25) is 5.91 Å². The Morgan fingerprint density at radius 1 is 1.54 bits per heavy atom. The van der Waals surface area contributed by atoms with E-state index in [1.807, 2.05) is 0 Å². The molecule has 0 aliphatic heterocycles. The summed E-state index contributed by atoms with van der Waals surface area (Å²) in [7, 11) is 0. The maximum absolute atomic E-state index is 10.5. The van der Waals surface area contributed by atoms with Crippen LogP contribution in [0.25, 0.3) is 0 Å². The summed E-state index contributed by atoms with van der Waals surface area (Å²) in [6, 6.07) is 2.79. The molecule has 0 unspecified atom stereocenters. The Kier molecular flexibility index (Phi) is 5.20. The minimum Gasteiger partial charge on any atom is -0.775 e. The van der Waals surface area contributed by atoms with Crippen molar-refractivity contribution in [2.75, 3.05) is 0 Å². The Morgan fingerprint density at radius 2 is 2.23 bits per heavy atom. The van der Waals surface area contributed by atoms with E-state index in [0.717, 1.165) is 0 Å². The second kappa shape index (κ2) is 5.63. The fraction of sp³-hybridized carbons (Fsp3) is 0. The third kappa shape index (κ3) is 3.49. The van der Waals surface area contributed by atoms with Crippen molar-refractivity contribution < 1.29 is 34.4 Å². The quantitative estimate of drug-likeness (QED) is 0.322. The number of hydrogen-bond donors (Lipinski definition) is 1. The van der Waals surface area contributed by atoms with Crippen molar-refractivity contribution in [3.05, 3.63) is 29.1 Å². The van der Waals surface area contributed by atoms with Gasteiger partial charge in [0, 0.05) is 6.20 Å². The van der Waals surface area contributed by atoms with Gasteiger partial charge in [-0.2, -0.15) is 0 Å². The first-order chi connectivity index (χ1) is 5.74. The summed E-state index contributed by atoms with van der Waals surface area (Å²) in [5, 5.41) is 15.0. The van der Waals surface area contributed by atoms with E-state index < -0.39 is 5.91 Å². The number of aromatic nitrogens is 1. The van der Waals surface area contributed by atoms with Gasteiger partial charge < -0.3 is 10.9 Å². The summed E-state index contributed by atoms with van der Waals surface area (Å²) in [5.41, 5.74) is 5.21. The zero-order chi connectivity index (χ0) is 8.97. The summed E-state index contributed by atoms with van der Waals surface area (Å²) >= 11 is 0. The molecule has 0 aliphatic carbocycles. The molecule has 0 bridgehead atoms. The predicted molar refractivity (Wildman–Crippen MR) is 40.6 cm³/mol. The molecule has 13 heavy (non-hydrogen) atoms. The Bertz CT molecular complexity index is 311. The molecule has 6 nitrogen and oxygen atoms in total. The molecule has 7 heteroatoms. The van der Waals surface area contributed by atoms with Gasteiger partial charge in [0.05, 0.1) is 5.56 Å². The number of nitrogens with zero attached hydrogens (tertiary/aromatic N) is 3. The van der Waals surface area contributed by atoms with Gasteiger partial charge in [-0.3, -0.25) is 4.79 Å². The Labute approximate surface area is 96.1 Å². The monoisotopic (exact) mass is 188 g/mol. The molecule has 62 valence electrons. The summed E-state index contributed by atoms with van der Waals surface area (Å²) < 4.78 is 0. The molecule has 0 aliphatic rings. The molecule has 0 saturated carbocycles. The van der Waals surface area contributed by atoms with Gasteiger partial charge in [-0.25, -0.2) is 10.3 Å². The average molecular weight is 188 g/mol. The van der Waals surface area contributed by atoms with E-state index in [0.29, 0.717) is 0 Å². The van der Waals surface area contributed by atoms with Gasteiger partial charge in [-0.1, -0.05) is 0 Å². The van der Waals surface area contributed by atoms with Gasteiger partial charge in [0.1, 0.15) is 0 Å². The molecule has 1 aromatic heterocycles. The summed E-state index contributed by atoms with van der Waals surface area (Å²) in [6.07, 6.45) is 1.23. The Balaban J connectivity index is 0.00000144. The first-order valence-corrected chi connectivity index (χ1v) is 3.03. The maximum atomic E-state index is 10.5. The van der Waals surface area contributed by atoms with Gasteiger partial charge in [-0.15, -0.1) is 5.11 Å². The first-order valence-electron chi connectivity index (χ1n) is 3.03. The number of nitrogens with two attached hydrogens (primary N) is 1.